The van der Waals surface area contributed by atoms with Crippen LogP contribution >= 0.6 is 0 Å². The largest absolute Gasteiger partial charge is 0.339 e. The smallest absolute Gasteiger partial charge is 0.293 e. The highest BCUT2D eigenvalue weighted by atomic mass is 19.1. The van der Waals surface area contributed by atoms with E-state index in [-0.39, 0.29) is 22.9 Å². The van der Waals surface area contributed by atoms with Crippen LogP contribution in [0.2, 0.25) is 0 Å². The highest BCUT2D eigenvalue weighted by Crippen LogP contribution is 2.33. The van der Waals surface area contributed by atoms with Crippen molar-refractivity contribution in [3.8, 4) is 0 Å². The molecule has 0 bridgehead atoms. The molecule has 0 radical (unpaired) electrons. The molecule has 0 saturated carbocycles. The zero-order valence-corrected chi connectivity index (χ0v) is 11.5. The van der Waals surface area contributed by atoms with Gasteiger partial charge in [-0.05, 0) is 43.3 Å². The van der Waals surface area contributed by atoms with Gasteiger partial charge in [-0.3, -0.25) is 14.9 Å². The van der Waals surface area contributed by atoms with Gasteiger partial charge in [0.05, 0.1) is 4.92 Å². The summed E-state index contributed by atoms with van der Waals surface area (Å²) in [5.41, 5.74) is 1.04. The molecule has 0 aliphatic heterocycles. The second-order valence-corrected chi connectivity index (χ2v) is 4.55. The SMILES string of the molecule is CC(=O)c1ccc(N(C)c2ccc(F)cc2)c([N+](=O)[O-])c1. The third-order valence-electron chi connectivity index (χ3n) is 3.15. The number of rotatable bonds is 4. The van der Waals surface area contributed by atoms with E-state index in [4.69, 9.17) is 0 Å². The van der Waals surface area contributed by atoms with Crippen molar-refractivity contribution in [1.29, 1.82) is 0 Å². The Labute approximate surface area is 120 Å². The molecule has 5 nitrogen and oxygen atoms in total. The Balaban J connectivity index is 2.49. The molecule has 108 valence electrons. The quantitative estimate of drug-likeness (QED) is 0.489. The average molecular weight is 288 g/mol. The van der Waals surface area contributed by atoms with E-state index in [2.05, 4.69) is 0 Å². The number of Topliss-reactive ketones (excluding diaryl/α,β-unsaturated/α-hetero) is 1. The molecule has 0 N–H and O–H groups in total. The van der Waals surface area contributed by atoms with E-state index in [0.717, 1.165) is 0 Å². The molecule has 21 heavy (non-hydrogen) atoms. The van der Waals surface area contributed by atoms with Crippen molar-refractivity contribution in [3.05, 3.63) is 64.0 Å². The van der Waals surface area contributed by atoms with Gasteiger partial charge in [-0.15, -0.1) is 0 Å². The number of hydrogen-bond acceptors (Lipinski definition) is 4. The normalized spacial score (nSPS) is 10.2. The van der Waals surface area contributed by atoms with Crippen molar-refractivity contribution in [2.24, 2.45) is 0 Å². The van der Waals surface area contributed by atoms with E-state index in [1.807, 2.05) is 0 Å². The Morgan fingerprint density at radius 2 is 1.81 bits per heavy atom. The lowest BCUT2D eigenvalue weighted by Crippen LogP contribution is -2.12. The minimum Gasteiger partial charge on any atom is -0.339 e. The molecule has 2 aromatic rings. The molecule has 2 aromatic carbocycles. The number of halogens is 1. The number of carbonyl (C=O) groups is 1. The molecule has 0 aromatic heterocycles. The van der Waals surface area contributed by atoms with Crippen LogP contribution in [0.5, 0.6) is 0 Å². The van der Waals surface area contributed by atoms with Crippen LogP contribution in [-0.2, 0) is 0 Å². The van der Waals surface area contributed by atoms with Gasteiger partial charge in [0.1, 0.15) is 11.5 Å². The topological polar surface area (TPSA) is 63.5 Å². The first kappa shape index (κ1) is 14.6. The number of ketones is 1. The summed E-state index contributed by atoms with van der Waals surface area (Å²) >= 11 is 0. The second-order valence-electron chi connectivity index (χ2n) is 4.55. The maximum absolute atomic E-state index is 12.9. The maximum atomic E-state index is 12.9. The minimum absolute atomic E-state index is 0.172. The van der Waals surface area contributed by atoms with E-state index in [0.29, 0.717) is 11.4 Å². The van der Waals surface area contributed by atoms with Crippen LogP contribution in [0.1, 0.15) is 17.3 Å². The van der Waals surface area contributed by atoms with E-state index < -0.39 is 4.92 Å². The molecule has 2 rings (SSSR count). The number of benzene rings is 2. The van der Waals surface area contributed by atoms with Gasteiger partial charge in [-0.25, -0.2) is 4.39 Å². The summed E-state index contributed by atoms with van der Waals surface area (Å²) in [6.45, 7) is 1.35. The third kappa shape index (κ3) is 3.05. The van der Waals surface area contributed by atoms with Crippen LogP contribution in [0, 0.1) is 15.9 Å². The molecule has 0 aliphatic carbocycles. The molecule has 0 amide bonds. The number of nitro benzene ring substituents is 1. The molecule has 0 spiro atoms. The predicted octanol–water partition coefficient (Wildman–Crippen LogP) is 3.70. The fraction of sp³-hybridized carbons (Fsp3) is 0.133. The molecule has 6 heteroatoms. The number of anilines is 2. The van der Waals surface area contributed by atoms with Crippen LogP contribution in [0.25, 0.3) is 0 Å². The summed E-state index contributed by atoms with van der Waals surface area (Å²) < 4.78 is 12.9. The first-order chi connectivity index (χ1) is 9.90. The Morgan fingerprint density at radius 3 is 2.33 bits per heavy atom. The summed E-state index contributed by atoms with van der Waals surface area (Å²) in [6.07, 6.45) is 0. The van der Waals surface area contributed by atoms with Gasteiger partial charge < -0.3 is 4.90 Å². The molecule has 0 fully saturated rings. The van der Waals surface area contributed by atoms with Gasteiger partial charge in [-0.1, -0.05) is 0 Å². The van der Waals surface area contributed by atoms with E-state index in [1.54, 1.807) is 11.9 Å². The summed E-state index contributed by atoms with van der Waals surface area (Å²) in [6, 6.07) is 9.90. The van der Waals surface area contributed by atoms with Crippen molar-refractivity contribution in [3.63, 3.8) is 0 Å². The van der Waals surface area contributed by atoms with Crippen LogP contribution in [0.4, 0.5) is 21.5 Å². The zero-order chi connectivity index (χ0) is 15.6. The fourth-order valence-electron chi connectivity index (χ4n) is 1.98. The van der Waals surface area contributed by atoms with Gasteiger partial charge >= 0.3 is 0 Å². The van der Waals surface area contributed by atoms with Crippen LogP contribution in [-0.4, -0.2) is 17.8 Å². The summed E-state index contributed by atoms with van der Waals surface area (Å²) in [5, 5.41) is 11.2. The number of carbonyl (C=O) groups excluding carboxylic acids is 1. The van der Waals surface area contributed by atoms with Gasteiger partial charge in [0.15, 0.2) is 5.78 Å². The van der Waals surface area contributed by atoms with Crippen molar-refractivity contribution < 1.29 is 14.1 Å². The lowest BCUT2D eigenvalue weighted by atomic mass is 10.1. The Hall–Kier alpha value is -2.76. The van der Waals surface area contributed by atoms with Crippen molar-refractivity contribution in [2.75, 3.05) is 11.9 Å². The monoisotopic (exact) mass is 288 g/mol. The molecule has 0 aliphatic rings. The van der Waals surface area contributed by atoms with Crippen LogP contribution in [0.15, 0.2) is 42.5 Å². The maximum Gasteiger partial charge on any atom is 0.293 e. The molecular weight excluding hydrogens is 275 g/mol. The Kier molecular flexibility index (Phi) is 3.98. The lowest BCUT2D eigenvalue weighted by Gasteiger charge is -2.19. The number of hydrogen-bond donors (Lipinski definition) is 0. The van der Waals surface area contributed by atoms with Crippen molar-refractivity contribution >= 4 is 22.8 Å². The Morgan fingerprint density at radius 1 is 1.19 bits per heavy atom. The summed E-state index contributed by atoms with van der Waals surface area (Å²) in [7, 11) is 1.64. The predicted molar refractivity (Wildman–Crippen MR) is 77.6 cm³/mol. The van der Waals surface area contributed by atoms with Gasteiger partial charge in [0.2, 0.25) is 0 Å². The van der Waals surface area contributed by atoms with Gasteiger partial charge in [0.25, 0.3) is 5.69 Å². The Bertz CT molecular complexity index is 699. The lowest BCUT2D eigenvalue weighted by molar-refractivity contribution is -0.384. The average Bonchev–Trinajstić information content (AvgIpc) is 2.46. The zero-order valence-electron chi connectivity index (χ0n) is 11.5. The number of nitro groups is 1. The first-order valence-electron chi connectivity index (χ1n) is 6.19. The summed E-state index contributed by atoms with van der Waals surface area (Å²) in [5.74, 6) is -0.623. The van der Waals surface area contributed by atoms with E-state index in [1.165, 1.54) is 49.4 Å². The molecule has 0 saturated heterocycles. The molecule has 0 heterocycles. The van der Waals surface area contributed by atoms with Crippen LogP contribution < -0.4 is 4.90 Å². The number of nitrogens with zero attached hydrogens (tertiary/aromatic N) is 2. The molecule has 0 atom stereocenters. The van der Waals surface area contributed by atoms with Gasteiger partial charge in [0, 0.05) is 24.4 Å². The fourth-order valence-corrected chi connectivity index (χ4v) is 1.98. The summed E-state index contributed by atoms with van der Waals surface area (Å²) in [4.78, 5) is 23.6. The van der Waals surface area contributed by atoms with Crippen molar-refractivity contribution in [1.82, 2.24) is 0 Å². The molecular formula is C15H13FN2O3. The van der Waals surface area contributed by atoms with Gasteiger partial charge in [-0.2, -0.15) is 0 Å². The van der Waals surface area contributed by atoms with E-state index >= 15 is 0 Å². The highest BCUT2D eigenvalue weighted by Gasteiger charge is 2.20. The molecule has 0 unspecified atom stereocenters. The third-order valence-corrected chi connectivity index (χ3v) is 3.15. The van der Waals surface area contributed by atoms with Crippen LogP contribution in [0.3, 0.4) is 0 Å². The first-order valence-corrected chi connectivity index (χ1v) is 6.19. The van der Waals surface area contributed by atoms with Crippen molar-refractivity contribution in [2.45, 2.75) is 6.92 Å². The second kappa shape index (κ2) is 5.70. The van der Waals surface area contributed by atoms with E-state index in [9.17, 15) is 19.3 Å². The standard InChI is InChI=1S/C15H13FN2O3/c1-10(19)11-3-8-14(15(9-11)18(20)21)17(2)13-6-4-12(16)5-7-13/h3-9H,1-2H3. The minimum atomic E-state index is -0.540. The highest BCUT2D eigenvalue weighted by molar-refractivity contribution is 5.95.